The van der Waals surface area contributed by atoms with Gasteiger partial charge < -0.3 is 5.43 Å². The van der Waals surface area contributed by atoms with Crippen LogP contribution in [0.25, 0.3) is 21.5 Å². The first-order chi connectivity index (χ1) is 10.9. The van der Waals surface area contributed by atoms with Gasteiger partial charge in [0.1, 0.15) is 0 Å². The van der Waals surface area contributed by atoms with Crippen LogP contribution in [0.1, 0.15) is 0 Å². The number of hydrogen-bond donors (Lipinski definition) is 2. The van der Waals surface area contributed by atoms with Crippen molar-refractivity contribution in [2.24, 2.45) is 5.84 Å². The number of hydrogen-bond acceptors (Lipinski definition) is 2. The normalized spacial score (nSPS) is 10.0. The zero-order valence-electron chi connectivity index (χ0n) is 12.2. The summed E-state index contributed by atoms with van der Waals surface area (Å²) in [7, 11) is 0. The largest absolute Gasteiger partial charge is 0.324 e. The lowest BCUT2D eigenvalue weighted by molar-refractivity contribution is 1.35. The molecule has 0 aliphatic carbocycles. The molecule has 0 fully saturated rings. The summed E-state index contributed by atoms with van der Waals surface area (Å²) >= 11 is 0. The van der Waals surface area contributed by atoms with Crippen LogP contribution in [0, 0.1) is 0 Å². The van der Waals surface area contributed by atoms with E-state index >= 15 is 0 Å². The van der Waals surface area contributed by atoms with Crippen LogP contribution in [-0.4, -0.2) is 0 Å². The third kappa shape index (κ3) is 3.25. The van der Waals surface area contributed by atoms with E-state index < -0.39 is 0 Å². The van der Waals surface area contributed by atoms with Crippen molar-refractivity contribution >= 4 is 27.2 Å². The molecule has 0 radical (unpaired) electrons. The Morgan fingerprint density at radius 3 is 1.18 bits per heavy atom. The van der Waals surface area contributed by atoms with Crippen molar-refractivity contribution in [1.29, 1.82) is 0 Å². The minimum absolute atomic E-state index is 0.938. The fourth-order valence-corrected chi connectivity index (χ4v) is 2.42. The molecule has 0 spiro atoms. The molecule has 4 rings (SSSR count). The number of hydrazine groups is 1. The minimum Gasteiger partial charge on any atom is -0.324 e. The van der Waals surface area contributed by atoms with E-state index in [1.54, 1.807) is 0 Å². The highest BCUT2D eigenvalue weighted by atomic mass is 15.2. The lowest BCUT2D eigenvalue weighted by atomic mass is 10.0. The van der Waals surface area contributed by atoms with Crippen molar-refractivity contribution in [1.82, 2.24) is 0 Å². The molecule has 0 aliphatic heterocycles. The van der Waals surface area contributed by atoms with E-state index in [-0.39, 0.29) is 0 Å². The molecule has 0 unspecified atom stereocenters. The number of nitrogens with one attached hydrogen (secondary N) is 1. The summed E-state index contributed by atoms with van der Waals surface area (Å²) in [6.07, 6.45) is 0. The first-order valence-electron chi connectivity index (χ1n) is 7.26. The van der Waals surface area contributed by atoms with E-state index in [9.17, 15) is 0 Å². The molecule has 0 atom stereocenters. The molecule has 0 aliphatic rings. The van der Waals surface area contributed by atoms with Crippen molar-refractivity contribution in [3.8, 4) is 0 Å². The first-order valence-corrected chi connectivity index (χ1v) is 7.26. The maximum absolute atomic E-state index is 5.10. The number of fused-ring (bicyclic) bond motifs is 2. The third-order valence-corrected chi connectivity index (χ3v) is 3.55. The Bertz CT molecular complexity index is 765. The second-order valence-electron chi connectivity index (χ2n) is 5.06. The fourth-order valence-electron chi connectivity index (χ4n) is 2.42. The van der Waals surface area contributed by atoms with E-state index in [4.69, 9.17) is 5.84 Å². The Morgan fingerprint density at radius 2 is 0.864 bits per heavy atom. The van der Waals surface area contributed by atoms with Gasteiger partial charge in [-0.05, 0) is 45.8 Å². The van der Waals surface area contributed by atoms with Gasteiger partial charge in [0, 0.05) is 5.69 Å². The van der Waals surface area contributed by atoms with E-state index in [0.717, 1.165) is 5.69 Å². The van der Waals surface area contributed by atoms with Crippen LogP contribution < -0.4 is 11.3 Å². The average Bonchev–Trinajstić information content (AvgIpc) is 2.61. The maximum atomic E-state index is 5.10. The van der Waals surface area contributed by atoms with Crippen LogP contribution >= 0.6 is 0 Å². The molecule has 4 aromatic carbocycles. The lowest BCUT2D eigenvalue weighted by Crippen LogP contribution is -2.05. The standard InChI is InChI=1S/C14H10.C6H8N2/c1-2-6-12-10-14-8-4-3-7-13(14)9-11(12)5-1;7-8-6-4-2-1-3-5-6/h1-10H;1-5,8H,7H2. The first kappa shape index (κ1) is 14.1. The molecular formula is C20H18N2. The topological polar surface area (TPSA) is 38.0 Å². The van der Waals surface area contributed by atoms with Crippen LogP contribution in [0.5, 0.6) is 0 Å². The Balaban J connectivity index is 0.000000154. The van der Waals surface area contributed by atoms with Gasteiger partial charge in [-0.2, -0.15) is 0 Å². The number of nitrogen functional groups attached to an aromatic ring is 1. The summed E-state index contributed by atoms with van der Waals surface area (Å²) in [6, 6.07) is 31.0. The Labute approximate surface area is 130 Å². The van der Waals surface area contributed by atoms with E-state index in [2.05, 4.69) is 66.1 Å². The van der Waals surface area contributed by atoms with Gasteiger partial charge in [0.05, 0.1) is 0 Å². The van der Waals surface area contributed by atoms with Gasteiger partial charge in [-0.25, -0.2) is 0 Å². The van der Waals surface area contributed by atoms with Crippen LogP contribution in [0.2, 0.25) is 0 Å². The molecule has 22 heavy (non-hydrogen) atoms. The predicted octanol–water partition coefficient (Wildman–Crippen LogP) is 4.97. The molecule has 0 bridgehead atoms. The van der Waals surface area contributed by atoms with E-state index in [1.165, 1.54) is 21.5 Å². The fraction of sp³-hybridized carbons (Fsp3) is 0. The van der Waals surface area contributed by atoms with Gasteiger partial charge in [0.25, 0.3) is 0 Å². The summed E-state index contributed by atoms with van der Waals surface area (Å²) in [6.45, 7) is 0. The van der Waals surface area contributed by atoms with Crippen LogP contribution in [0.3, 0.4) is 0 Å². The van der Waals surface area contributed by atoms with E-state index in [1.807, 2.05) is 30.3 Å². The third-order valence-electron chi connectivity index (χ3n) is 3.55. The predicted molar refractivity (Wildman–Crippen MR) is 95.7 cm³/mol. The van der Waals surface area contributed by atoms with Gasteiger partial charge in [-0.15, -0.1) is 0 Å². The summed E-state index contributed by atoms with van der Waals surface area (Å²) in [5, 5.41) is 5.25. The minimum atomic E-state index is 0.938. The molecule has 108 valence electrons. The highest BCUT2D eigenvalue weighted by Gasteiger charge is 1.95. The van der Waals surface area contributed by atoms with Crippen molar-refractivity contribution < 1.29 is 0 Å². The summed E-state index contributed by atoms with van der Waals surface area (Å²) in [4.78, 5) is 0. The summed E-state index contributed by atoms with van der Waals surface area (Å²) < 4.78 is 0. The van der Waals surface area contributed by atoms with Gasteiger partial charge >= 0.3 is 0 Å². The molecule has 2 heteroatoms. The molecule has 0 amide bonds. The zero-order chi connectivity index (χ0) is 15.2. The van der Waals surface area contributed by atoms with Crippen molar-refractivity contribution in [2.75, 3.05) is 5.43 Å². The number of benzene rings is 4. The average molecular weight is 286 g/mol. The van der Waals surface area contributed by atoms with Crippen LogP contribution in [0.15, 0.2) is 91.0 Å². The quantitative estimate of drug-likeness (QED) is 0.295. The van der Waals surface area contributed by atoms with Crippen molar-refractivity contribution in [2.45, 2.75) is 0 Å². The second kappa shape index (κ2) is 6.74. The van der Waals surface area contributed by atoms with E-state index in [0.29, 0.717) is 0 Å². The van der Waals surface area contributed by atoms with Crippen LogP contribution in [0.4, 0.5) is 5.69 Å². The number of anilines is 1. The SMILES string of the molecule is NNc1ccccc1.c1ccc2cc3ccccc3cc2c1. The number of para-hydroxylation sites is 1. The van der Waals surface area contributed by atoms with Gasteiger partial charge in [-0.1, -0.05) is 66.7 Å². The number of rotatable bonds is 1. The smallest absolute Gasteiger partial charge is 0.0485 e. The highest BCUT2D eigenvalue weighted by Crippen LogP contribution is 2.21. The molecule has 0 saturated heterocycles. The summed E-state index contributed by atoms with van der Waals surface area (Å²) in [5.74, 6) is 5.10. The molecular weight excluding hydrogens is 268 g/mol. The Kier molecular flexibility index (Phi) is 4.33. The monoisotopic (exact) mass is 286 g/mol. The highest BCUT2D eigenvalue weighted by molar-refractivity contribution is 5.98. The van der Waals surface area contributed by atoms with Crippen molar-refractivity contribution in [3.05, 3.63) is 91.0 Å². The molecule has 3 N–H and O–H groups in total. The molecule has 2 nitrogen and oxygen atoms in total. The molecule has 0 heterocycles. The number of nitrogens with two attached hydrogens (primary N) is 1. The van der Waals surface area contributed by atoms with Crippen LogP contribution in [-0.2, 0) is 0 Å². The van der Waals surface area contributed by atoms with Gasteiger partial charge in [0.15, 0.2) is 0 Å². The molecule has 0 aromatic heterocycles. The van der Waals surface area contributed by atoms with Gasteiger partial charge in [0.2, 0.25) is 0 Å². The lowest BCUT2D eigenvalue weighted by Gasteiger charge is -2.00. The van der Waals surface area contributed by atoms with Crippen molar-refractivity contribution in [3.63, 3.8) is 0 Å². The maximum Gasteiger partial charge on any atom is 0.0485 e. The molecule has 4 aromatic rings. The summed E-state index contributed by atoms with van der Waals surface area (Å²) in [5.41, 5.74) is 3.46. The Hall–Kier alpha value is -2.84. The Morgan fingerprint density at radius 1 is 0.500 bits per heavy atom. The zero-order valence-corrected chi connectivity index (χ0v) is 12.2. The molecule has 0 saturated carbocycles. The second-order valence-corrected chi connectivity index (χ2v) is 5.06. The van der Waals surface area contributed by atoms with Gasteiger partial charge in [-0.3, -0.25) is 5.84 Å².